The van der Waals surface area contributed by atoms with E-state index >= 15 is 0 Å². The number of carbonyl (C=O) groups is 1. The zero-order valence-corrected chi connectivity index (χ0v) is 20.1. The number of nitrogens with zero attached hydrogens (tertiary/aromatic N) is 2. The van der Waals surface area contributed by atoms with Gasteiger partial charge in [0.2, 0.25) is 5.75 Å². The molecule has 1 aliphatic rings. The third-order valence-electron chi connectivity index (χ3n) is 6.48. The number of aromatic nitrogens is 2. The minimum absolute atomic E-state index is 0.0840. The van der Waals surface area contributed by atoms with Crippen molar-refractivity contribution in [3.8, 4) is 28.5 Å². The molecule has 2 N–H and O–H groups in total. The van der Waals surface area contributed by atoms with Gasteiger partial charge in [-0.05, 0) is 37.1 Å². The number of amides is 1. The number of nitrogens with one attached hydrogen (secondary N) is 1. The SMILES string of the molecule is COc1cc(C2c3c(-c4ccc(C)cc4)n[nH]c3C(=O)N2Cc2ccc(C)cc2)cc(OC)c1O. The Labute approximate surface area is 203 Å². The van der Waals surface area contributed by atoms with Crippen LogP contribution in [0.4, 0.5) is 0 Å². The topological polar surface area (TPSA) is 87.7 Å². The largest absolute Gasteiger partial charge is 0.502 e. The fraction of sp³-hybridized carbons (Fsp3) is 0.214. The first-order valence-corrected chi connectivity index (χ1v) is 11.4. The maximum atomic E-state index is 13.7. The number of H-pyrrole nitrogens is 1. The molecule has 3 aromatic carbocycles. The van der Waals surface area contributed by atoms with Gasteiger partial charge in [-0.1, -0.05) is 59.7 Å². The second-order valence-corrected chi connectivity index (χ2v) is 8.82. The molecule has 0 bridgehead atoms. The molecular weight excluding hydrogens is 442 g/mol. The van der Waals surface area contributed by atoms with E-state index in [0.29, 0.717) is 12.2 Å². The van der Waals surface area contributed by atoms with E-state index in [9.17, 15) is 9.90 Å². The number of benzene rings is 3. The van der Waals surface area contributed by atoms with Gasteiger partial charge in [-0.25, -0.2) is 0 Å². The number of hydrogen-bond acceptors (Lipinski definition) is 5. The van der Waals surface area contributed by atoms with Crippen molar-refractivity contribution in [2.45, 2.75) is 26.4 Å². The number of rotatable bonds is 6. The Morgan fingerprint density at radius 2 is 1.51 bits per heavy atom. The predicted octanol–water partition coefficient (Wildman–Crippen LogP) is 5.16. The number of aromatic amines is 1. The van der Waals surface area contributed by atoms with E-state index in [1.807, 2.05) is 67.3 Å². The second-order valence-electron chi connectivity index (χ2n) is 8.82. The lowest BCUT2D eigenvalue weighted by atomic mass is 9.95. The van der Waals surface area contributed by atoms with Crippen LogP contribution in [0.5, 0.6) is 17.2 Å². The highest BCUT2D eigenvalue weighted by atomic mass is 16.5. The van der Waals surface area contributed by atoms with Crippen molar-refractivity contribution in [2.24, 2.45) is 0 Å². The lowest BCUT2D eigenvalue weighted by molar-refractivity contribution is 0.0729. The van der Waals surface area contributed by atoms with E-state index in [1.54, 1.807) is 12.1 Å². The number of phenolic OH excluding ortho intramolecular Hbond substituents is 1. The van der Waals surface area contributed by atoms with Crippen LogP contribution in [0.1, 0.15) is 44.3 Å². The lowest BCUT2D eigenvalue weighted by Crippen LogP contribution is -2.29. The standard InChI is InChI=1S/C28H27N3O4/c1-16-5-9-18(10-6-16)15-31-26(20-13-21(34-3)27(32)22(14-20)35-4)23-24(29-30-25(23)28(31)33)19-11-7-17(2)8-12-19/h5-14,26,32H,15H2,1-4H3,(H,29,30). The van der Waals surface area contributed by atoms with E-state index in [1.165, 1.54) is 14.2 Å². The Kier molecular flexibility index (Phi) is 5.68. The molecule has 0 aliphatic carbocycles. The van der Waals surface area contributed by atoms with E-state index in [-0.39, 0.29) is 23.2 Å². The highest BCUT2D eigenvalue weighted by molar-refractivity contribution is 6.00. The number of carbonyl (C=O) groups excluding carboxylic acids is 1. The van der Waals surface area contributed by atoms with Gasteiger partial charge in [0.05, 0.1) is 26.0 Å². The van der Waals surface area contributed by atoms with Crippen LogP contribution in [0.25, 0.3) is 11.3 Å². The number of aromatic hydroxyl groups is 1. The Bertz CT molecular complexity index is 1370. The molecule has 4 aromatic rings. The fourth-order valence-electron chi connectivity index (χ4n) is 4.60. The summed E-state index contributed by atoms with van der Waals surface area (Å²) in [5.74, 6) is 0.327. The number of aryl methyl sites for hydroxylation is 2. The van der Waals surface area contributed by atoms with Gasteiger partial charge in [0.15, 0.2) is 11.5 Å². The molecule has 178 valence electrons. The quantitative estimate of drug-likeness (QED) is 0.407. The molecule has 1 atom stereocenters. The normalized spacial score (nSPS) is 14.8. The molecule has 0 saturated heterocycles. The van der Waals surface area contributed by atoms with Gasteiger partial charge >= 0.3 is 0 Å². The van der Waals surface area contributed by atoms with Crippen molar-refractivity contribution in [1.82, 2.24) is 15.1 Å². The van der Waals surface area contributed by atoms with Crippen LogP contribution in [-0.2, 0) is 6.54 Å². The monoisotopic (exact) mass is 469 g/mol. The van der Waals surface area contributed by atoms with Crippen LogP contribution in [0, 0.1) is 13.8 Å². The summed E-state index contributed by atoms with van der Waals surface area (Å²) in [5, 5.41) is 18.0. The Hall–Kier alpha value is -4.26. The van der Waals surface area contributed by atoms with E-state index < -0.39 is 6.04 Å². The number of ether oxygens (including phenoxy) is 2. The minimum atomic E-state index is -0.461. The summed E-state index contributed by atoms with van der Waals surface area (Å²) in [6.07, 6.45) is 0. The Morgan fingerprint density at radius 1 is 0.943 bits per heavy atom. The predicted molar refractivity (Wildman–Crippen MR) is 133 cm³/mol. The van der Waals surface area contributed by atoms with Crippen LogP contribution in [0.2, 0.25) is 0 Å². The first-order chi connectivity index (χ1) is 16.9. The number of phenols is 1. The minimum Gasteiger partial charge on any atom is -0.502 e. The molecule has 7 heteroatoms. The van der Waals surface area contributed by atoms with Gasteiger partial charge in [0.25, 0.3) is 5.91 Å². The maximum Gasteiger partial charge on any atom is 0.273 e. The molecule has 0 spiro atoms. The third kappa shape index (κ3) is 3.89. The molecule has 1 unspecified atom stereocenters. The molecule has 1 aliphatic heterocycles. The van der Waals surface area contributed by atoms with Crippen LogP contribution < -0.4 is 9.47 Å². The van der Waals surface area contributed by atoms with Gasteiger partial charge in [0, 0.05) is 17.7 Å². The van der Waals surface area contributed by atoms with Crippen molar-refractivity contribution in [2.75, 3.05) is 14.2 Å². The summed E-state index contributed by atoms with van der Waals surface area (Å²) in [4.78, 5) is 15.5. The first-order valence-electron chi connectivity index (χ1n) is 11.4. The molecular formula is C28H27N3O4. The zero-order valence-electron chi connectivity index (χ0n) is 20.1. The smallest absolute Gasteiger partial charge is 0.273 e. The van der Waals surface area contributed by atoms with E-state index in [2.05, 4.69) is 10.2 Å². The second kappa shape index (κ2) is 8.83. The van der Waals surface area contributed by atoms with Gasteiger partial charge in [0.1, 0.15) is 5.69 Å². The van der Waals surface area contributed by atoms with Crippen molar-refractivity contribution in [1.29, 1.82) is 0 Å². The average molecular weight is 470 g/mol. The first kappa shape index (κ1) is 22.5. The van der Waals surface area contributed by atoms with Crippen LogP contribution in [-0.4, -0.2) is 40.3 Å². The molecule has 7 nitrogen and oxygen atoms in total. The van der Waals surface area contributed by atoms with Crippen LogP contribution in [0.15, 0.2) is 60.7 Å². The molecule has 35 heavy (non-hydrogen) atoms. The summed E-state index contributed by atoms with van der Waals surface area (Å²) >= 11 is 0. The molecule has 1 amide bonds. The summed E-state index contributed by atoms with van der Waals surface area (Å²) in [6, 6.07) is 19.2. The number of fused-ring (bicyclic) bond motifs is 1. The number of methoxy groups -OCH3 is 2. The van der Waals surface area contributed by atoms with Gasteiger partial charge in [-0.2, -0.15) is 5.10 Å². The molecule has 0 fully saturated rings. The van der Waals surface area contributed by atoms with Crippen molar-refractivity contribution in [3.05, 3.63) is 94.2 Å². The molecule has 1 aromatic heterocycles. The molecule has 0 saturated carbocycles. The van der Waals surface area contributed by atoms with Crippen molar-refractivity contribution >= 4 is 5.91 Å². The van der Waals surface area contributed by atoms with Crippen LogP contribution in [0.3, 0.4) is 0 Å². The Morgan fingerprint density at radius 3 is 2.09 bits per heavy atom. The van der Waals surface area contributed by atoms with E-state index in [0.717, 1.165) is 39.1 Å². The Balaban J connectivity index is 1.69. The molecule has 0 radical (unpaired) electrons. The zero-order chi connectivity index (χ0) is 24.7. The molecule has 5 rings (SSSR count). The van der Waals surface area contributed by atoms with Gasteiger partial charge in [-0.3, -0.25) is 9.89 Å². The fourth-order valence-corrected chi connectivity index (χ4v) is 4.60. The van der Waals surface area contributed by atoms with Crippen molar-refractivity contribution < 1.29 is 19.4 Å². The number of hydrogen-bond donors (Lipinski definition) is 2. The highest BCUT2D eigenvalue weighted by Crippen LogP contribution is 2.47. The summed E-state index contributed by atoms with van der Waals surface area (Å²) < 4.78 is 10.8. The highest BCUT2D eigenvalue weighted by Gasteiger charge is 2.42. The van der Waals surface area contributed by atoms with Crippen LogP contribution >= 0.6 is 0 Å². The molecule has 2 heterocycles. The van der Waals surface area contributed by atoms with Gasteiger partial charge < -0.3 is 19.5 Å². The summed E-state index contributed by atoms with van der Waals surface area (Å²) in [6.45, 7) is 4.47. The van der Waals surface area contributed by atoms with E-state index in [4.69, 9.17) is 9.47 Å². The lowest BCUT2D eigenvalue weighted by Gasteiger charge is -2.27. The third-order valence-corrected chi connectivity index (χ3v) is 6.48. The van der Waals surface area contributed by atoms with Crippen molar-refractivity contribution in [3.63, 3.8) is 0 Å². The average Bonchev–Trinajstić information content (AvgIpc) is 3.40. The summed E-state index contributed by atoms with van der Waals surface area (Å²) in [7, 11) is 2.98. The summed E-state index contributed by atoms with van der Waals surface area (Å²) in [5.41, 5.74) is 6.96. The maximum absolute atomic E-state index is 13.7. The van der Waals surface area contributed by atoms with Gasteiger partial charge in [-0.15, -0.1) is 0 Å².